The van der Waals surface area contributed by atoms with Crippen LogP contribution in [0, 0.1) is 0 Å². The van der Waals surface area contributed by atoms with E-state index in [0.29, 0.717) is 0 Å². The molecule has 4 rings (SSSR count). The van der Waals surface area contributed by atoms with Gasteiger partial charge in [0.1, 0.15) is 17.1 Å². The van der Waals surface area contributed by atoms with Crippen LogP contribution in [0.2, 0.25) is 0 Å². The lowest BCUT2D eigenvalue weighted by Crippen LogP contribution is -2.30. The Morgan fingerprint density at radius 3 is 2.19 bits per heavy atom. The molecule has 0 aliphatic rings. The van der Waals surface area contributed by atoms with E-state index in [1.165, 1.54) is 34.6 Å². The fourth-order valence-electron chi connectivity index (χ4n) is 3.72. The van der Waals surface area contributed by atoms with Crippen LogP contribution in [0.5, 0.6) is 5.75 Å². The van der Waals surface area contributed by atoms with Gasteiger partial charge in [0.25, 0.3) is 20.1 Å². The highest BCUT2D eigenvalue weighted by molar-refractivity contribution is 7.92. The largest absolute Gasteiger partial charge is 0.507 e. The van der Waals surface area contributed by atoms with Crippen LogP contribution >= 0.6 is 0 Å². The third-order valence-corrected chi connectivity index (χ3v) is 8.13. The molecule has 0 amide bonds. The van der Waals surface area contributed by atoms with Crippen molar-refractivity contribution in [3.63, 3.8) is 0 Å². The Morgan fingerprint density at radius 1 is 0.861 bits per heavy atom. The molecule has 0 aliphatic carbocycles. The highest BCUT2D eigenvalue weighted by Gasteiger charge is 2.25. The Balaban J connectivity index is 1.83. The fraction of sp³-hybridized carbons (Fsp3) is 0.0833. The predicted molar refractivity (Wildman–Crippen MR) is 137 cm³/mol. The van der Waals surface area contributed by atoms with Gasteiger partial charge in [0.15, 0.2) is 0 Å². The monoisotopic (exact) mass is 526 g/mol. The number of phenols is 1. The van der Waals surface area contributed by atoms with E-state index in [4.69, 9.17) is 5.73 Å². The highest BCUT2D eigenvalue weighted by atomic mass is 32.2. The van der Waals surface area contributed by atoms with Crippen LogP contribution in [0.4, 0.5) is 22.7 Å². The SMILES string of the molecule is CCN(c1ccccc1N=Nc1c(N)ccc2cc(S(=O)(=O)O)cc(O)c12)S(=O)(=O)c1ccccc1. The van der Waals surface area contributed by atoms with Gasteiger partial charge in [-0.3, -0.25) is 8.86 Å². The molecule has 10 nitrogen and oxygen atoms in total. The van der Waals surface area contributed by atoms with E-state index in [1.54, 1.807) is 49.4 Å². The molecule has 0 heterocycles. The first-order valence-corrected chi connectivity index (χ1v) is 13.5. The molecule has 4 aromatic rings. The summed E-state index contributed by atoms with van der Waals surface area (Å²) in [4.78, 5) is -0.369. The predicted octanol–water partition coefficient (Wildman–Crippen LogP) is 5.00. The number of benzene rings is 4. The van der Waals surface area contributed by atoms with Gasteiger partial charge in [-0.2, -0.15) is 8.42 Å². The lowest BCUT2D eigenvalue weighted by Gasteiger charge is -2.24. The van der Waals surface area contributed by atoms with Crippen LogP contribution < -0.4 is 10.0 Å². The van der Waals surface area contributed by atoms with E-state index >= 15 is 0 Å². The maximum atomic E-state index is 13.3. The summed E-state index contributed by atoms with van der Waals surface area (Å²) in [7, 11) is -8.45. The van der Waals surface area contributed by atoms with Crippen LogP contribution in [0.3, 0.4) is 0 Å². The highest BCUT2D eigenvalue weighted by Crippen LogP contribution is 2.41. The summed E-state index contributed by atoms with van der Waals surface area (Å²) in [6.07, 6.45) is 0. The Morgan fingerprint density at radius 2 is 1.53 bits per heavy atom. The maximum Gasteiger partial charge on any atom is 0.294 e. The summed E-state index contributed by atoms with van der Waals surface area (Å²) < 4.78 is 60.2. The molecule has 0 spiro atoms. The molecule has 186 valence electrons. The maximum absolute atomic E-state index is 13.3. The second-order valence-electron chi connectivity index (χ2n) is 7.69. The Bertz CT molecular complexity index is 1690. The molecular formula is C24H22N4O6S2. The summed E-state index contributed by atoms with van der Waals surface area (Å²) >= 11 is 0. The number of hydrogen-bond donors (Lipinski definition) is 3. The Labute approximate surface area is 208 Å². The second-order valence-corrected chi connectivity index (χ2v) is 11.0. The van der Waals surface area contributed by atoms with Crippen molar-refractivity contribution in [2.45, 2.75) is 16.7 Å². The third-order valence-electron chi connectivity index (χ3n) is 5.40. The number of para-hydroxylation sites is 1. The minimum absolute atomic E-state index is 0.0515. The molecule has 12 heteroatoms. The number of anilines is 2. The number of hydrogen-bond acceptors (Lipinski definition) is 8. The zero-order valence-electron chi connectivity index (χ0n) is 19.0. The molecule has 0 fully saturated rings. The molecule has 0 bridgehead atoms. The van der Waals surface area contributed by atoms with Gasteiger partial charge in [-0.25, -0.2) is 8.42 Å². The number of phenolic OH excluding ortho intramolecular Hbond substituents is 1. The lowest BCUT2D eigenvalue weighted by molar-refractivity contribution is 0.471. The fourth-order valence-corrected chi connectivity index (χ4v) is 5.77. The van der Waals surface area contributed by atoms with Crippen molar-refractivity contribution >= 4 is 53.7 Å². The third kappa shape index (κ3) is 4.73. The van der Waals surface area contributed by atoms with Crippen molar-refractivity contribution in [3.05, 3.63) is 78.9 Å². The Kier molecular flexibility index (Phi) is 6.67. The average Bonchev–Trinajstić information content (AvgIpc) is 2.84. The minimum Gasteiger partial charge on any atom is -0.507 e. The lowest BCUT2D eigenvalue weighted by atomic mass is 10.1. The minimum atomic E-state index is -4.56. The van der Waals surface area contributed by atoms with E-state index < -0.39 is 30.8 Å². The van der Waals surface area contributed by atoms with Crippen LogP contribution in [0.1, 0.15) is 6.92 Å². The first-order chi connectivity index (χ1) is 17.0. The number of nitrogens with two attached hydrogens (primary N) is 1. The van der Waals surface area contributed by atoms with Crippen molar-refractivity contribution in [2.75, 3.05) is 16.6 Å². The summed E-state index contributed by atoms with van der Waals surface area (Å²) in [6, 6.07) is 19.5. The van der Waals surface area contributed by atoms with Crippen molar-refractivity contribution in [2.24, 2.45) is 10.2 Å². The number of rotatable bonds is 7. The normalized spacial score (nSPS) is 12.3. The van der Waals surface area contributed by atoms with Gasteiger partial charge in [0.05, 0.1) is 26.6 Å². The molecule has 0 radical (unpaired) electrons. The van der Waals surface area contributed by atoms with Crippen molar-refractivity contribution in [3.8, 4) is 5.75 Å². The van der Waals surface area contributed by atoms with E-state index in [-0.39, 0.29) is 45.0 Å². The van der Waals surface area contributed by atoms with Gasteiger partial charge in [-0.15, -0.1) is 10.2 Å². The molecule has 0 unspecified atom stereocenters. The van der Waals surface area contributed by atoms with E-state index in [1.807, 2.05) is 0 Å². The summed E-state index contributed by atoms with van der Waals surface area (Å²) in [6.45, 7) is 1.82. The van der Waals surface area contributed by atoms with Crippen molar-refractivity contribution < 1.29 is 26.5 Å². The van der Waals surface area contributed by atoms with E-state index in [2.05, 4.69) is 10.2 Å². The number of fused-ring (bicyclic) bond motifs is 1. The molecule has 0 atom stereocenters. The molecule has 36 heavy (non-hydrogen) atoms. The molecule has 4 aromatic carbocycles. The van der Waals surface area contributed by atoms with Gasteiger partial charge in [-0.05, 0) is 48.7 Å². The van der Waals surface area contributed by atoms with Gasteiger partial charge < -0.3 is 10.8 Å². The topological polar surface area (TPSA) is 163 Å². The van der Waals surface area contributed by atoms with Crippen LogP contribution in [0.25, 0.3) is 10.8 Å². The van der Waals surface area contributed by atoms with Gasteiger partial charge in [0.2, 0.25) is 0 Å². The second kappa shape index (κ2) is 9.57. The molecular weight excluding hydrogens is 504 g/mol. The van der Waals surface area contributed by atoms with Gasteiger partial charge in [0, 0.05) is 12.6 Å². The summed E-state index contributed by atoms with van der Waals surface area (Å²) in [5.41, 5.74) is 6.78. The smallest absolute Gasteiger partial charge is 0.294 e. The molecule has 0 saturated carbocycles. The zero-order valence-corrected chi connectivity index (χ0v) is 20.6. The van der Waals surface area contributed by atoms with Crippen molar-refractivity contribution in [1.82, 2.24) is 0 Å². The van der Waals surface area contributed by atoms with Crippen LogP contribution in [-0.2, 0) is 20.1 Å². The standard InChI is InChI=1S/C24H22N4O6S2/c1-2-28(35(30,31)17-8-4-3-5-9-17)21-11-7-6-10-20(21)26-27-24-19(25)13-12-16-14-18(36(32,33)34)15-22(29)23(16)24/h3-15,29H,2,25H2,1H3,(H,32,33,34). The number of sulfonamides is 1. The van der Waals surface area contributed by atoms with Crippen LogP contribution in [-0.4, -0.2) is 33.0 Å². The molecule has 0 aromatic heterocycles. The molecule has 4 N–H and O–H groups in total. The average molecular weight is 527 g/mol. The quantitative estimate of drug-likeness (QED) is 0.173. The van der Waals surface area contributed by atoms with Crippen molar-refractivity contribution in [1.29, 1.82) is 0 Å². The first-order valence-electron chi connectivity index (χ1n) is 10.6. The molecule has 0 aliphatic heterocycles. The van der Waals surface area contributed by atoms with Crippen LogP contribution in [0.15, 0.2) is 98.9 Å². The Hall–Kier alpha value is -4.00. The number of nitrogens with zero attached hydrogens (tertiary/aromatic N) is 3. The van der Waals surface area contributed by atoms with E-state index in [9.17, 15) is 26.5 Å². The van der Waals surface area contributed by atoms with Gasteiger partial charge in [-0.1, -0.05) is 36.4 Å². The number of azo groups is 1. The van der Waals surface area contributed by atoms with E-state index in [0.717, 1.165) is 6.07 Å². The van der Waals surface area contributed by atoms with Gasteiger partial charge >= 0.3 is 0 Å². The first kappa shape index (κ1) is 25.1. The number of nitrogen functional groups attached to an aromatic ring is 1. The summed E-state index contributed by atoms with van der Waals surface area (Å²) in [5, 5.41) is 19.3. The zero-order chi connectivity index (χ0) is 26.1. The summed E-state index contributed by atoms with van der Waals surface area (Å²) in [5.74, 6) is -0.475. The number of aromatic hydroxyl groups is 1. The molecule has 0 saturated heterocycles.